The molecule has 3 N–H and O–H groups in total. The summed E-state index contributed by atoms with van der Waals surface area (Å²) in [5, 5.41) is 16.4. The molecule has 0 unspecified atom stereocenters. The highest BCUT2D eigenvalue weighted by Gasteiger charge is 2.33. The van der Waals surface area contributed by atoms with Crippen LogP contribution in [0, 0.1) is 10.8 Å². The number of ether oxygens (including phenoxy) is 1. The Hall–Kier alpha value is -0.810. The molecule has 0 spiro atoms. The Bertz CT molecular complexity index is 375. The molecule has 0 aromatic rings. The topological polar surface area (TPSA) is 65.9 Å². The Kier molecular flexibility index (Phi) is 10.4. The van der Waals surface area contributed by atoms with Crippen LogP contribution in [0.3, 0.4) is 0 Å². The van der Waals surface area contributed by atoms with Crippen molar-refractivity contribution in [1.82, 2.24) is 10.6 Å². The summed E-state index contributed by atoms with van der Waals surface area (Å²) in [4.78, 5) is 4.87. The summed E-state index contributed by atoms with van der Waals surface area (Å²) in [5.74, 6) is 0.912. The summed E-state index contributed by atoms with van der Waals surface area (Å²) >= 11 is 0. The van der Waals surface area contributed by atoms with Gasteiger partial charge < -0.3 is 20.5 Å². The van der Waals surface area contributed by atoms with Crippen LogP contribution in [0.25, 0.3) is 0 Å². The van der Waals surface area contributed by atoms with E-state index in [1.165, 1.54) is 25.7 Å². The highest BCUT2D eigenvalue weighted by atomic mass is 16.5. The first-order valence-corrected chi connectivity index (χ1v) is 10.2. The zero-order chi connectivity index (χ0) is 18.6. The van der Waals surface area contributed by atoms with Crippen molar-refractivity contribution in [3.63, 3.8) is 0 Å². The van der Waals surface area contributed by atoms with Gasteiger partial charge in [0.05, 0.1) is 0 Å². The third-order valence-electron chi connectivity index (χ3n) is 6.19. The van der Waals surface area contributed by atoms with Gasteiger partial charge in [-0.25, -0.2) is 0 Å². The summed E-state index contributed by atoms with van der Waals surface area (Å²) < 4.78 is 5.33. The number of aliphatic hydroxyl groups excluding tert-OH is 1. The van der Waals surface area contributed by atoms with Crippen molar-refractivity contribution in [3.8, 4) is 0 Å². The minimum atomic E-state index is 0.109. The minimum absolute atomic E-state index is 0.109. The smallest absolute Gasteiger partial charge is 0.191 e. The van der Waals surface area contributed by atoms with Gasteiger partial charge in [0.1, 0.15) is 0 Å². The van der Waals surface area contributed by atoms with Gasteiger partial charge in [-0.1, -0.05) is 26.7 Å². The van der Waals surface area contributed by atoms with E-state index in [9.17, 15) is 5.11 Å². The maximum absolute atomic E-state index is 9.40. The highest BCUT2D eigenvalue weighted by Crippen LogP contribution is 2.40. The van der Waals surface area contributed by atoms with E-state index in [-0.39, 0.29) is 12.0 Å². The fraction of sp³-hybridized carbons (Fsp3) is 0.950. The molecule has 25 heavy (non-hydrogen) atoms. The number of nitrogens with one attached hydrogen (secondary N) is 2. The second-order valence-electron chi connectivity index (χ2n) is 7.68. The molecule has 148 valence electrons. The van der Waals surface area contributed by atoms with Crippen LogP contribution in [-0.2, 0) is 4.74 Å². The van der Waals surface area contributed by atoms with Gasteiger partial charge in [0.25, 0.3) is 0 Å². The van der Waals surface area contributed by atoms with E-state index in [1.54, 1.807) is 7.11 Å². The standard InChI is InChI=1S/C20H41N3O2/c1-5-19(6-2,12-14-24)16-22-18(21-7-3)23-17-20(13-15-25-4)10-8-9-11-20/h24H,5-17H2,1-4H3,(H2,21,22,23). The molecule has 0 heterocycles. The molecule has 5 nitrogen and oxygen atoms in total. The van der Waals surface area contributed by atoms with E-state index in [0.29, 0.717) is 5.41 Å². The molecule has 1 fully saturated rings. The van der Waals surface area contributed by atoms with Crippen LogP contribution >= 0.6 is 0 Å². The minimum Gasteiger partial charge on any atom is -0.396 e. The highest BCUT2D eigenvalue weighted by molar-refractivity contribution is 5.79. The molecule has 1 aliphatic rings. The normalized spacial score (nSPS) is 17.7. The lowest BCUT2D eigenvalue weighted by Gasteiger charge is -2.31. The maximum atomic E-state index is 9.40. The van der Waals surface area contributed by atoms with E-state index in [4.69, 9.17) is 9.73 Å². The average Bonchev–Trinajstić information content (AvgIpc) is 3.10. The van der Waals surface area contributed by atoms with Gasteiger partial charge >= 0.3 is 0 Å². The molecule has 0 aliphatic heterocycles. The van der Waals surface area contributed by atoms with E-state index in [0.717, 1.165) is 57.9 Å². The van der Waals surface area contributed by atoms with Gasteiger partial charge in [0, 0.05) is 40.0 Å². The first-order valence-electron chi connectivity index (χ1n) is 10.2. The molecule has 1 rings (SSSR count). The number of aliphatic hydroxyl groups is 1. The van der Waals surface area contributed by atoms with Crippen molar-refractivity contribution < 1.29 is 9.84 Å². The molecule has 0 radical (unpaired) electrons. The third-order valence-corrected chi connectivity index (χ3v) is 6.19. The van der Waals surface area contributed by atoms with Gasteiger partial charge in [-0.05, 0) is 56.3 Å². The van der Waals surface area contributed by atoms with Crippen LogP contribution in [0.4, 0.5) is 0 Å². The summed E-state index contributed by atoms with van der Waals surface area (Å²) in [6, 6.07) is 0. The number of methoxy groups -OCH3 is 1. The second kappa shape index (κ2) is 11.7. The molecule has 1 saturated carbocycles. The largest absolute Gasteiger partial charge is 0.396 e. The van der Waals surface area contributed by atoms with Crippen LogP contribution < -0.4 is 10.6 Å². The van der Waals surface area contributed by atoms with Crippen LogP contribution in [0.2, 0.25) is 0 Å². The van der Waals surface area contributed by atoms with E-state index < -0.39 is 0 Å². The molecular weight excluding hydrogens is 314 g/mol. The lowest BCUT2D eigenvalue weighted by Crippen LogP contribution is -2.44. The Morgan fingerprint density at radius 1 is 1.16 bits per heavy atom. The van der Waals surface area contributed by atoms with Crippen LogP contribution in [0.5, 0.6) is 0 Å². The molecule has 1 aliphatic carbocycles. The second-order valence-corrected chi connectivity index (χ2v) is 7.68. The quantitative estimate of drug-likeness (QED) is 0.371. The summed E-state index contributed by atoms with van der Waals surface area (Å²) in [5.41, 5.74) is 0.460. The molecular formula is C20H41N3O2. The monoisotopic (exact) mass is 355 g/mol. The van der Waals surface area contributed by atoms with Gasteiger partial charge in [0.2, 0.25) is 0 Å². The van der Waals surface area contributed by atoms with Crippen molar-refractivity contribution in [2.75, 3.05) is 40.0 Å². The fourth-order valence-corrected chi connectivity index (χ4v) is 3.96. The molecule has 0 amide bonds. The summed E-state index contributed by atoms with van der Waals surface area (Å²) in [6.45, 7) is 10.2. The molecule has 0 bridgehead atoms. The van der Waals surface area contributed by atoms with E-state index in [1.807, 2.05) is 0 Å². The predicted molar refractivity (Wildman–Crippen MR) is 106 cm³/mol. The Morgan fingerprint density at radius 2 is 1.84 bits per heavy atom. The number of guanidine groups is 1. The van der Waals surface area contributed by atoms with Gasteiger partial charge in [-0.3, -0.25) is 4.99 Å². The molecule has 0 atom stereocenters. The lowest BCUT2D eigenvalue weighted by molar-refractivity contribution is 0.138. The number of hydrogen-bond acceptors (Lipinski definition) is 3. The van der Waals surface area contributed by atoms with Gasteiger partial charge in [0.15, 0.2) is 5.96 Å². The SMILES string of the molecule is CCNC(=NCC(CC)(CC)CCO)NCC1(CCOC)CCCC1. The van der Waals surface area contributed by atoms with Crippen molar-refractivity contribution in [2.24, 2.45) is 15.8 Å². The van der Waals surface area contributed by atoms with Crippen molar-refractivity contribution in [3.05, 3.63) is 0 Å². The summed E-state index contributed by atoms with van der Waals surface area (Å²) in [7, 11) is 1.79. The number of hydrogen-bond donors (Lipinski definition) is 3. The average molecular weight is 356 g/mol. The predicted octanol–water partition coefficient (Wildman–Crippen LogP) is 3.33. The first kappa shape index (κ1) is 22.2. The Morgan fingerprint density at radius 3 is 2.36 bits per heavy atom. The molecule has 0 aromatic heterocycles. The van der Waals surface area contributed by atoms with Gasteiger partial charge in [-0.2, -0.15) is 0 Å². The lowest BCUT2D eigenvalue weighted by atomic mass is 9.79. The Balaban J connectivity index is 2.71. The summed E-state index contributed by atoms with van der Waals surface area (Å²) in [6.07, 6.45) is 9.24. The van der Waals surface area contributed by atoms with Crippen LogP contribution in [0.15, 0.2) is 4.99 Å². The van der Waals surface area contributed by atoms with E-state index >= 15 is 0 Å². The number of nitrogens with zero attached hydrogens (tertiary/aromatic N) is 1. The first-order chi connectivity index (χ1) is 12.1. The zero-order valence-corrected chi connectivity index (χ0v) is 17.0. The van der Waals surface area contributed by atoms with Crippen LogP contribution in [0.1, 0.15) is 72.1 Å². The Labute approximate surface area is 155 Å². The maximum Gasteiger partial charge on any atom is 0.191 e. The van der Waals surface area contributed by atoms with Crippen LogP contribution in [-0.4, -0.2) is 51.0 Å². The molecule has 0 saturated heterocycles. The molecule has 5 heteroatoms. The number of aliphatic imine (C=N–C) groups is 1. The van der Waals surface area contributed by atoms with E-state index in [2.05, 4.69) is 31.4 Å². The third kappa shape index (κ3) is 7.14. The fourth-order valence-electron chi connectivity index (χ4n) is 3.96. The molecule has 0 aromatic carbocycles. The van der Waals surface area contributed by atoms with Gasteiger partial charge in [-0.15, -0.1) is 0 Å². The van der Waals surface area contributed by atoms with Crippen molar-refractivity contribution >= 4 is 5.96 Å². The van der Waals surface area contributed by atoms with Crippen molar-refractivity contribution in [1.29, 1.82) is 0 Å². The number of rotatable bonds is 12. The zero-order valence-electron chi connectivity index (χ0n) is 17.0. The van der Waals surface area contributed by atoms with Crippen molar-refractivity contribution in [2.45, 2.75) is 72.1 Å².